The van der Waals surface area contributed by atoms with E-state index in [1.54, 1.807) is 36.4 Å². The van der Waals surface area contributed by atoms with Gasteiger partial charge in [0.15, 0.2) is 5.69 Å². The van der Waals surface area contributed by atoms with E-state index in [1.165, 1.54) is 10.8 Å². The van der Waals surface area contributed by atoms with Gasteiger partial charge in [-0.2, -0.15) is 0 Å². The number of nitrogens with two attached hydrogens (primary N) is 1. The largest absolute Gasteiger partial charge is 0.467 e. The molecule has 2 aromatic carbocycles. The van der Waals surface area contributed by atoms with Crippen molar-refractivity contribution in [2.75, 3.05) is 10.6 Å². The Kier molecular flexibility index (Phi) is 5.99. The van der Waals surface area contributed by atoms with Crippen LogP contribution in [0.15, 0.2) is 87.0 Å². The molecule has 0 saturated carbocycles. The second-order valence-corrected chi connectivity index (χ2v) is 8.31. The fourth-order valence-electron chi connectivity index (χ4n) is 4.25. The van der Waals surface area contributed by atoms with Gasteiger partial charge in [0.2, 0.25) is 5.91 Å². The van der Waals surface area contributed by atoms with E-state index in [1.807, 2.05) is 30.3 Å². The molecule has 2 aromatic heterocycles. The molecule has 1 atom stereocenters. The minimum absolute atomic E-state index is 0.0890. The summed E-state index contributed by atoms with van der Waals surface area (Å²) in [5, 5.41) is 0. The number of cyclic esters (lactones) is 1. The first-order valence-corrected chi connectivity index (χ1v) is 11.2. The number of benzene rings is 2. The molecule has 1 aliphatic heterocycles. The molecule has 10 heteroatoms. The van der Waals surface area contributed by atoms with Crippen LogP contribution in [0.4, 0.5) is 11.5 Å². The van der Waals surface area contributed by atoms with E-state index in [0.29, 0.717) is 16.9 Å². The van der Waals surface area contributed by atoms with Gasteiger partial charge in [-0.1, -0.05) is 48.5 Å². The van der Waals surface area contributed by atoms with Crippen LogP contribution in [0.3, 0.4) is 0 Å². The highest BCUT2D eigenvalue weighted by atomic mass is 16.5. The minimum atomic E-state index is -0.823. The topological polar surface area (TPSA) is 141 Å². The lowest BCUT2D eigenvalue weighted by atomic mass is 10.0. The van der Waals surface area contributed by atoms with Gasteiger partial charge < -0.3 is 14.9 Å². The number of H-pyrrole nitrogens is 1. The molecule has 1 aliphatic rings. The SMILES string of the molecule is Nc1c(N(Cc2ccco2)C(=O)C[C@H]2OC(=O)c3ccccc32)c(=O)[nH]c(=O)n1Cc1ccccc1. The van der Waals surface area contributed by atoms with Crippen LogP contribution in [-0.2, 0) is 22.6 Å². The third-order valence-electron chi connectivity index (χ3n) is 6.00. The number of rotatable bonds is 7. The summed E-state index contributed by atoms with van der Waals surface area (Å²) in [4.78, 5) is 54.9. The zero-order chi connectivity index (χ0) is 25.2. The summed E-state index contributed by atoms with van der Waals surface area (Å²) in [7, 11) is 0. The number of esters is 1. The number of carbonyl (C=O) groups is 2. The number of nitrogens with one attached hydrogen (secondary N) is 1. The van der Waals surface area contributed by atoms with Gasteiger partial charge in [-0.3, -0.25) is 24.0 Å². The fraction of sp³-hybridized carbons (Fsp3) is 0.154. The third kappa shape index (κ3) is 4.31. The predicted octanol–water partition coefficient (Wildman–Crippen LogP) is 2.60. The van der Waals surface area contributed by atoms with Crippen molar-refractivity contribution in [1.29, 1.82) is 0 Å². The van der Waals surface area contributed by atoms with Crippen LogP contribution in [0.5, 0.6) is 0 Å². The lowest BCUT2D eigenvalue weighted by Gasteiger charge is -2.25. The number of carbonyl (C=O) groups excluding carboxylic acids is 2. The molecule has 3 heterocycles. The monoisotopic (exact) mass is 486 g/mol. The Hall–Kier alpha value is -4.86. The number of amides is 1. The van der Waals surface area contributed by atoms with Crippen LogP contribution in [0.2, 0.25) is 0 Å². The van der Waals surface area contributed by atoms with Crippen LogP contribution >= 0.6 is 0 Å². The van der Waals surface area contributed by atoms with E-state index >= 15 is 0 Å². The molecular formula is C26H22N4O6. The first-order chi connectivity index (χ1) is 17.4. The zero-order valence-electron chi connectivity index (χ0n) is 19.0. The Balaban J connectivity index is 1.54. The summed E-state index contributed by atoms with van der Waals surface area (Å²) in [6.45, 7) is -0.0311. The number of nitrogen functional groups attached to an aromatic ring is 1. The molecule has 182 valence electrons. The van der Waals surface area contributed by atoms with Gasteiger partial charge in [0, 0.05) is 5.56 Å². The molecule has 0 unspecified atom stereocenters. The average molecular weight is 486 g/mol. The maximum atomic E-state index is 13.6. The van der Waals surface area contributed by atoms with Crippen molar-refractivity contribution >= 4 is 23.4 Å². The van der Waals surface area contributed by atoms with Crippen molar-refractivity contribution in [3.05, 3.63) is 116 Å². The van der Waals surface area contributed by atoms with Gasteiger partial charge in [0.05, 0.1) is 31.3 Å². The maximum absolute atomic E-state index is 13.6. The van der Waals surface area contributed by atoms with E-state index in [4.69, 9.17) is 14.9 Å². The van der Waals surface area contributed by atoms with E-state index in [2.05, 4.69) is 4.98 Å². The molecule has 0 aliphatic carbocycles. The molecule has 0 spiro atoms. The molecule has 0 fully saturated rings. The molecule has 5 rings (SSSR count). The van der Waals surface area contributed by atoms with Crippen LogP contribution in [0.25, 0.3) is 0 Å². The number of aromatic nitrogens is 2. The van der Waals surface area contributed by atoms with Gasteiger partial charge in [-0.15, -0.1) is 0 Å². The highest BCUT2D eigenvalue weighted by Crippen LogP contribution is 2.34. The number of hydrogen-bond donors (Lipinski definition) is 2. The number of fused-ring (bicyclic) bond motifs is 1. The third-order valence-corrected chi connectivity index (χ3v) is 6.00. The lowest BCUT2D eigenvalue weighted by molar-refractivity contribution is -0.120. The molecule has 3 N–H and O–H groups in total. The summed E-state index contributed by atoms with van der Waals surface area (Å²) in [5.41, 5.74) is 6.39. The van der Waals surface area contributed by atoms with Gasteiger partial charge in [0.1, 0.15) is 17.7 Å². The molecule has 0 radical (unpaired) electrons. The Labute approximate surface area is 204 Å². The summed E-state index contributed by atoms with van der Waals surface area (Å²) >= 11 is 0. The second kappa shape index (κ2) is 9.41. The number of nitrogens with zero attached hydrogens (tertiary/aromatic N) is 2. The molecular weight excluding hydrogens is 464 g/mol. The van der Waals surface area contributed by atoms with Crippen molar-refractivity contribution < 1.29 is 18.7 Å². The van der Waals surface area contributed by atoms with Gasteiger partial charge in [-0.25, -0.2) is 9.59 Å². The van der Waals surface area contributed by atoms with Gasteiger partial charge >= 0.3 is 11.7 Å². The van der Waals surface area contributed by atoms with Crippen LogP contribution in [-0.4, -0.2) is 21.4 Å². The van der Waals surface area contributed by atoms with Crippen LogP contribution < -0.4 is 21.9 Å². The minimum Gasteiger partial charge on any atom is -0.467 e. The van der Waals surface area contributed by atoms with E-state index < -0.39 is 29.2 Å². The Bertz CT molecular complexity index is 1540. The van der Waals surface area contributed by atoms with Crippen molar-refractivity contribution in [1.82, 2.24) is 9.55 Å². The highest BCUT2D eigenvalue weighted by Gasteiger charge is 2.35. The predicted molar refractivity (Wildman–Crippen MR) is 130 cm³/mol. The lowest BCUT2D eigenvalue weighted by Crippen LogP contribution is -2.41. The smallest absolute Gasteiger partial charge is 0.339 e. The van der Waals surface area contributed by atoms with Crippen molar-refractivity contribution in [3.63, 3.8) is 0 Å². The average Bonchev–Trinajstić information content (AvgIpc) is 3.50. The van der Waals surface area contributed by atoms with E-state index in [-0.39, 0.29) is 31.0 Å². The zero-order valence-corrected chi connectivity index (χ0v) is 19.0. The summed E-state index contributed by atoms with van der Waals surface area (Å²) in [5.74, 6) is -0.833. The molecule has 1 amide bonds. The molecule has 10 nitrogen and oxygen atoms in total. The summed E-state index contributed by atoms with van der Waals surface area (Å²) < 4.78 is 12.0. The number of hydrogen-bond acceptors (Lipinski definition) is 7. The first kappa shape index (κ1) is 22.9. The van der Waals surface area contributed by atoms with Gasteiger partial charge in [-0.05, 0) is 23.8 Å². The number of furan rings is 1. The number of ether oxygens (including phenoxy) is 1. The van der Waals surface area contributed by atoms with Gasteiger partial charge in [0.25, 0.3) is 5.56 Å². The van der Waals surface area contributed by atoms with Crippen molar-refractivity contribution in [3.8, 4) is 0 Å². The second-order valence-electron chi connectivity index (χ2n) is 8.31. The summed E-state index contributed by atoms with van der Waals surface area (Å²) in [6.07, 6.45) is 0.382. The van der Waals surface area contributed by atoms with Crippen LogP contribution in [0.1, 0.15) is 39.8 Å². The number of aromatic amines is 1. The Morgan fingerprint density at radius 2 is 1.75 bits per heavy atom. The molecule has 36 heavy (non-hydrogen) atoms. The number of anilines is 2. The van der Waals surface area contributed by atoms with Crippen LogP contribution in [0, 0.1) is 0 Å². The maximum Gasteiger partial charge on any atom is 0.339 e. The first-order valence-electron chi connectivity index (χ1n) is 11.2. The standard InChI is InChI=1S/C26H22N4O6/c27-23-22(24(32)28-26(34)30(23)14-16-7-2-1-3-8-16)29(15-17-9-6-12-35-17)21(31)13-20-18-10-4-5-11-19(18)25(33)36-20/h1-12,20H,13-15,27H2,(H,28,32,34)/t20-/m1/s1. The molecule has 0 bridgehead atoms. The summed E-state index contributed by atoms with van der Waals surface area (Å²) in [6, 6.07) is 19.2. The molecule has 0 saturated heterocycles. The quantitative estimate of drug-likeness (QED) is 0.383. The Morgan fingerprint density at radius 1 is 1.00 bits per heavy atom. The fourth-order valence-corrected chi connectivity index (χ4v) is 4.25. The van der Waals surface area contributed by atoms with Crippen molar-refractivity contribution in [2.24, 2.45) is 0 Å². The highest BCUT2D eigenvalue weighted by molar-refractivity contribution is 5.98. The van der Waals surface area contributed by atoms with E-state index in [0.717, 1.165) is 10.5 Å². The molecule has 4 aromatic rings. The van der Waals surface area contributed by atoms with E-state index in [9.17, 15) is 19.2 Å². The normalized spacial score (nSPS) is 14.3. The van der Waals surface area contributed by atoms with Crippen molar-refractivity contribution in [2.45, 2.75) is 25.6 Å². The Morgan fingerprint density at radius 3 is 2.50 bits per heavy atom.